The van der Waals surface area contributed by atoms with Crippen LogP contribution in [-0.2, 0) is 6.42 Å². The van der Waals surface area contributed by atoms with Gasteiger partial charge < -0.3 is 10.2 Å². The van der Waals surface area contributed by atoms with E-state index in [1.165, 1.54) is 29.0 Å². The second kappa shape index (κ2) is 8.04. The maximum Gasteiger partial charge on any atom is 0.252 e. The van der Waals surface area contributed by atoms with Crippen molar-refractivity contribution < 1.29 is 4.79 Å². The molecule has 1 aromatic heterocycles. The predicted molar refractivity (Wildman–Crippen MR) is 103 cm³/mol. The van der Waals surface area contributed by atoms with Gasteiger partial charge in [-0.25, -0.2) is 0 Å². The summed E-state index contributed by atoms with van der Waals surface area (Å²) in [6, 6.07) is 10.0. The molecule has 3 rings (SSSR count). The number of benzene rings is 1. The maximum atomic E-state index is 12.5. The minimum atomic E-state index is -0.0906. The molecule has 3 nitrogen and oxygen atoms in total. The number of anilines is 1. The van der Waals surface area contributed by atoms with Crippen molar-refractivity contribution in [2.45, 2.75) is 32.6 Å². The van der Waals surface area contributed by atoms with Gasteiger partial charge in [0.05, 0.1) is 10.6 Å². The third-order valence-electron chi connectivity index (χ3n) is 4.37. The van der Waals surface area contributed by atoms with Gasteiger partial charge in [0.2, 0.25) is 0 Å². The van der Waals surface area contributed by atoms with Crippen LogP contribution in [0.4, 0.5) is 5.69 Å². The molecule has 1 aromatic carbocycles. The molecule has 1 N–H and O–H groups in total. The van der Waals surface area contributed by atoms with Crippen molar-refractivity contribution in [3.05, 3.63) is 50.7 Å². The molecule has 0 aliphatic carbocycles. The summed E-state index contributed by atoms with van der Waals surface area (Å²) in [5.41, 5.74) is 1.67. The minimum absolute atomic E-state index is 0.0906. The number of carbonyl (C=O) groups excluding carboxylic acids is 1. The van der Waals surface area contributed by atoms with Crippen LogP contribution in [-0.4, -0.2) is 25.5 Å². The van der Waals surface area contributed by atoms with E-state index in [0.717, 1.165) is 25.2 Å². The number of nitrogens with zero attached hydrogens (tertiary/aromatic N) is 1. The summed E-state index contributed by atoms with van der Waals surface area (Å²) in [6.45, 7) is 4.84. The Hall–Kier alpha value is -1.52. The summed E-state index contributed by atoms with van der Waals surface area (Å²) in [7, 11) is 0. The Bertz CT molecular complexity index is 707. The van der Waals surface area contributed by atoms with Gasteiger partial charge in [0.25, 0.3) is 5.91 Å². The smallest absolute Gasteiger partial charge is 0.252 e. The zero-order chi connectivity index (χ0) is 16.9. The first-order chi connectivity index (χ1) is 11.6. The normalized spacial score (nSPS) is 14.7. The van der Waals surface area contributed by atoms with Gasteiger partial charge >= 0.3 is 0 Å². The summed E-state index contributed by atoms with van der Waals surface area (Å²) in [6.07, 6.45) is 4.57. The Morgan fingerprint density at radius 2 is 2.00 bits per heavy atom. The van der Waals surface area contributed by atoms with Crippen LogP contribution in [0.3, 0.4) is 0 Å². The van der Waals surface area contributed by atoms with E-state index in [4.69, 9.17) is 11.6 Å². The molecule has 128 valence electrons. The third-order valence-corrected chi connectivity index (χ3v) is 5.76. The maximum absolute atomic E-state index is 12.5. The Kier molecular flexibility index (Phi) is 5.80. The zero-order valence-corrected chi connectivity index (χ0v) is 15.6. The van der Waals surface area contributed by atoms with Gasteiger partial charge in [0, 0.05) is 35.1 Å². The quantitative estimate of drug-likeness (QED) is 0.838. The van der Waals surface area contributed by atoms with E-state index in [2.05, 4.69) is 29.3 Å². The van der Waals surface area contributed by atoms with Crippen molar-refractivity contribution in [3.63, 3.8) is 0 Å². The number of halogens is 1. The van der Waals surface area contributed by atoms with E-state index in [1.807, 2.05) is 18.2 Å². The molecule has 1 amide bonds. The summed E-state index contributed by atoms with van der Waals surface area (Å²) < 4.78 is 0. The molecule has 0 saturated carbocycles. The van der Waals surface area contributed by atoms with E-state index < -0.39 is 0 Å². The molecule has 0 spiro atoms. The van der Waals surface area contributed by atoms with Crippen LogP contribution in [0.1, 0.15) is 39.4 Å². The van der Waals surface area contributed by atoms with Crippen molar-refractivity contribution in [2.24, 2.45) is 0 Å². The summed E-state index contributed by atoms with van der Waals surface area (Å²) in [4.78, 5) is 17.4. The van der Waals surface area contributed by atoms with Gasteiger partial charge in [-0.15, -0.1) is 11.3 Å². The molecule has 0 unspecified atom stereocenters. The highest BCUT2D eigenvalue weighted by molar-refractivity contribution is 7.11. The fraction of sp³-hybridized carbons (Fsp3) is 0.421. The van der Waals surface area contributed by atoms with Crippen LogP contribution in [0, 0.1) is 6.92 Å². The van der Waals surface area contributed by atoms with E-state index in [9.17, 15) is 4.79 Å². The van der Waals surface area contributed by atoms with Crippen LogP contribution < -0.4 is 10.2 Å². The highest BCUT2D eigenvalue weighted by atomic mass is 35.5. The van der Waals surface area contributed by atoms with Crippen LogP contribution in [0.15, 0.2) is 30.3 Å². The minimum Gasteiger partial charge on any atom is -0.372 e. The van der Waals surface area contributed by atoms with E-state index in [1.54, 1.807) is 11.3 Å². The van der Waals surface area contributed by atoms with Gasteiger partial charge in [0.1, 0.15) is 0 Å². The van der Waals surface area contributed by atoms with Crippen molar-refractivity contribution in [1.82, 2.24) is 5.32 Å². The molecule has 5 heteroatoms. The lowest BCUT2D eigenvalue weighted by Crippen LogP contribution is -2.30. The zero-order valence-electron chi connectivity index (χ0n) is 14.0. The average Bonchev–Trinajstić information content (AvgIpc) is 3.01. The molecule has 1 aliphatic heterocycles. The highest BCUT2D eigenvalue weighted by Crippen LogP contribution is 2.25. The lowest BCUT2D eigenvalue weighted by atomic mass is 10.1. The Balaban J connectivity index is 1.62. The van der Waals surface area contributed by atoms with Gasteiger partial charge in [-0.3, -0.25) is 4.79 Å². The summed E-state index contributed by atoms with van der Waals surface area (Å²) in [5.74, 6) is -0.0906. The van der Waals surface area contributed by atoms with Crippen LogP contribution >= 0.6 is 22.9 Å². The molecule has 2 heterocycles. The van der Waals surface area contributed by atoms with E-state index in [0.29, 0.717) is 17.1 Å². The van der Waals surface area contributed by atoms with Crippen molar-refractivity contribution >= 4 is 34.5 Å². The molecule has 0 bridgehead atoms. The number of piperidine rings is 1. The molecule has 1 aliphatic rings. The van der Waals surface area contributed by atoms with Crippen molar-refractivity contribution in [2.75, 3.05) is 24.5 Å². The molecule has 1 saturated heterocycles. The van der Waals surface area contributed by atoms with E-state index >= 15 is 0 Å². The van der Waals surface area contributed by atoms with Crippen LogP contribution in [0.5, 0.6) is 0 Å². The predicted octanol–water partition coefficient (Wildman–Crippen LogP) is 4.67. The first kappa shape index (κ1) is 17.3. The number of hydrogen-bond donors (Lipinski definition) is 1. The largest absolute Gasteiger partial charge is 0.372 e. The number of hydrogen-bond acceptors (Lipinski definition) is 3. The number of amides is 1. The van der Waals surface area contributed by atoms with Gasteiger partial charge in [-0.1, -0.05) is 11.6 Å². The molecule has 0 atom stereocenters. The topological polar surface area (TPSA) is 32.3 Å². The molecule has 24 heavy (non-hydrogen) atoms. The first-order valence-electron chi connectivity index (χ1n) is 8.51. The van der Waals surface area contributed by atoms with Crippen LogP contribution in [0.2, 0.25) is 5.02 Å². The van der Waals surface area contributed by atoms with Gasteiger partial charge in [-0.05, 0) is 62.9 Å². The fourth-order valence-corrected chi connectivity index (χ4v) is 4.14. The lowest BCUT2D eigenvalue weighted by molar-refractivity contribution is 0.0954. The number of thiophene rings is 1. The molecular formula is C19H23ClN2OS. The Labute approximate surface area is 152 Å². The van der Waals surface area contributed by atoms with Gasteiger partial charge in [0.15, 0.2) is 0 Å². The summed E-state index contributed by atoms with van der Waals surface area (Å²) >= 11 is 8.03. The first-order valence-corrected chi connectivity index (χ1v) is 9.71. The third kappa shape index (κ3) is 4.31. The lowest BCUT2D eigenvalue weighted by Gasteiger charge is -2.29. The number of aryl methyl sites for hydroxylation is 1. The highest BCUT2D eigenvalue weighted by Gasteiger charge is 2.15. The number of rotatable bonds is 5. The Morgan fingerprint density at radius 1 is 1.21 bits per heavy atom. The van der Waals surface area contributed by atoms with Crippen molar-refractivity contribution in [1.29, 1.82) is 0 Å². The number of nitrogens with one attached hydrogen (secondary N) is 1. The molecule has 1 fully saturated rings. The second-order valence-corrected chi connectivity index (χ2v) is 8.01. The molecular weight excluding hydrogens is 340 g/mol. The average molecular weight is 363 g/mol. The molecule has 0 radical (unpaired) electrons. The number of carbonyl (C=O) groups is 1. The Morgan fingerprint density at radius 3 is 2.71 bits per heavy atom. The summed E-state index contributed by atoms with van der Waals surface area (Å²) in [5, 5.41) is 3.51. The fourth-order valence-electron chi connectivity index (χ4n) is 3.05. The monoisotopic (exact) mass is 362 g/mol. The SMILES string of the molecule is Cc1ccc(CCNC(=O)c2cc(N3CCCCC3)ccc2Cl)s1. The van der Waals surface area contributed by atoms with Crippen LogP contribution in [0.25, 0.3) is 0 Å². The van der Waals surface area contributed by atoms with E-state index in [-0.39, 0.29) is 5.91 Å². The van der Waals surface area contributed by atoms with Gasteiger partial charge in [-0.2, -0.15) is 0 Å². The van der Waals surface area contributed by atoms with Crippen molar-refractivity contribution in [3.8, 4) is 0 Å². The standard InChI is InChI=1S/C19H23ClN2OS/c1-14-5-7-16(24-14)9-10-21-19(23)17-13-15(6-8-18(17)20)22-11-3-2-4-12-22/h5-8,13H,2-4,9-12H2,1H3,(H,21,23). The second-order valence-electron chi connectivity index (χ2n) is 6.23. The molecule has 2 aromatic rings.